The molecular weight excluding hydrogens is 290 g/mol. The molecule has 0 rings (SSSR count). The summed E-state index contributed by atoms with van der Waals surface area (Å²) in [5.41, 5.74) is 4.89. The second kappa shape index (κ2) is 8.35. The Balaban J connectivity index is 4.20. The first-order chi connectivity index (χ1) is 9.18. The molecule has 0 aromatic rings. The van der Waals surface area contributed by atoms with E-state index in [1.807, 2.05) is 0 Å². The van der Waals surface area contributed by atoms with Crippen molar-refractivity contribution < 1.29 is 27.9 Å². The normalized spacial score (nSPS) is 12.4. The van der Waals surface area contributed by atoms with Gasteiger partial charge in [-0.15, -0.1) is 0 Å². The Kier molecular flexibility index (Phi) is 7.59. The first-order valence-corrected chi connectivity index (χ1v) is 7.76. The fourth-order valence-electron chi connectivity index (χ4n) is 1.22. The molecule has 0 saturated carbocycles. The van der Waals surface area contributed by atoms with Gasteiger partial charge in [-0.25, -0.2) is 18.0 Å². The van der Waals surface area contributed by atoms with E-state index in [1.165, 1.54) is 6.92 Å². The highest BCUT2D eigenvalue weighted by atomic mass is 32.2. The summed E-state index contributed by atoms with van der Waals surface area (Å²) in [5, 5.41) is 13.2. The molecule has 0 heterocycles. The lowest BCUT2D eigenvalue weighted by Gasteiger charge is -2.14. The molecule has 0 aliphatic heterocycles. The highest BCUT2D eigenvalue weighted by Gasteiger charge is 2.20. The van der Waals surface area contributed by atoms with Crippen molar-refractivity contribution in [3.63, 3.8) is 0 Å². The molecule has 20 heavy (non-hydrogen) atoms. The van der Waals surface area contributed by atoms with Crippen LogP contribution in [0.5, 0.6) is 0 Å². The van der Waals surface area contributed by atoms with Gasteiger partial charge in [-0.2, -0.15) is 0 Å². The number of rotatable bonds is 9. The van der Waals surface area contributed by atoms with E-state index in [2.05, 4.69) is 10.6 Å². The van der Waals surface area contributed by atoms with Crippen molar-refractivity contribution in [3.8, 4) is 0 Å². The molecular formula is C10H19N3O6S. The number of hydrogen-bond acceptors (Lipinski definition) is 5. The van der Waals surface area contributed by atoms with Crippen molar-refractivity contribution in [2.45, 2.75) is 25.8 Å². The highest BCUT2D eigenvalue weighted by Crippen LogP contribution is 1.97. The summed E-state index contributed by atoms with van der Waals surface area (Å²) in [4.78, 5) is 32.8. The molecule has 0 bridgehead atoms. The summed E-state index contributed by atoms with van der Waals surface area (Å²) in [6.07, 6.45) is -0.313. The minimum atomic E-state index is -3.20. The van der Waals surface area contributed by atoms with E-state index in [-0.39, 0.29) is 30.9 Å². The molecule has 1 atom stereocenters. The van der Waals surface area contributed by atoms with Gasteiger partial charge >= 0.3 is 12.0 Å². The predicted molar refractivity (Wildman–Crippen MR) is 70.7 cm³/mol. The molecule has 9 nitrogen and oxygen atoms in total. The summed E-state index contributed by atoms with van der Waals surface area (Å²) in [7, 11) is -3.20. The number of sulfone groups is 1. The van der Waals surface area contributed by atoms with Crippen LogP contribution in [0.4, 0.5) is 4.79 Å². The smallest absolute Gasteiger partial charge is 0.326 e. The molecule has 0 saturated heterocycles. The lowest BCUT2D eigenvalue weighted by atomic mass is 10.1. The van der Waals surface area contributed by atoms with Crippen molar-refractivity contribution in [2.24, 2.45) is 5.73 Å². The first kappa shape index (κ1) is 18.2. The van der Waals surface area contributed by atoms with Crippen LogP contribution < -0.4 is 16.4 Å². The summed E-state index contributed by atoms with van der Waals surface area (Å²) in [5.74, 6) is -2.24. The lowest BCUT2D eigenvalue weighted by molar-refractivity contribution is -0.139. The quantitative estimate of drug-likeness (QED) is 0.403. The van der Waals surface area contributed by atoms with E-state index in [0.29, 0.717) is 0 Å². The standard InChI is InChI=1S/C10H19N3O6S/c1-2-20(18,19)6-5-12-10(17)13-7(9(15)16)3-4-8(11)14/h7H,2-6H2,1H3,(H2,11,14)(H,15,16)(H2,12,13,17)/t7-/m1/s1. The van der Waals surface area contributed by atoms with Crippen LogP contribution in [-0.4, -0.2) is 55.5 Å². The number of aliphatic carboxylic acids is 1. The van der Waals surface area contributed by atoms with Gasteiger partial charge in [0.1, 0.15) is 6.04 Å². The molecule has 0 radical (unpaired) electrons. The van der Waals surface area contributed by atoms with E-state index >= 15 is 0 Å². The van der Waals surface area contributed by atoms with Gasteiger partial charge in [0.15, 0.2) is 9.84 Å². The fraction of sp³-hybridized carbons (Fsp3) is 0.700. The third-order valence-electron chi connectivity index (χ3n) is 2.42. The van der Waals surface area contributed by atoms with E-state index in [0.717, 1.165) is 0 Å². The number of primary amides is 1. The van der Waals surface area contributed by atoms with Gasteiger partial charge in [0.2, 0.25) is 5.91 Å². The largest absolute Gasteiger partial charge is 0.480 e. The third kappa shape index (κ3) is 8.29. The SMILES string of the molecule is CCS(=O)(=O)CCNC(=O)N[C@H](CCC(N)=O)C(=O)O. The predicted octanol–water partition coefficient (Wildman–Crippen LogP) is -1.56. The molecule has 3 amide bonds. The second-order valence-corrected chi connectivity index (χ2v) is 6.51. The van der Waals surface area contributed by atoms with Crippen LogP contribution in [0.1, 0.15) is 19.8 Å². The van der Waals surface area contributed by atoms with Crippen LogP contribution in [0.15, 0.2) is 0 Å². The van der Waals surface area contributed by atoms with Gasteiger partial charge in [0.25, 0.3) is 0 Å². The Bertz CT molecular complexity index is 462. The number of nitrogens with two attached hydrogens (primary N) is 1. The van der Waals surface area contributed by atoms with Gasteiger partial charge in [-0.1, -0.05) is 6.92 Å². The minimum absolute atomic E-state index is 0.0351. The van der Waals surface area contributed by atoms with Crippen molar-refractivity contribution in [2.75, 3.05) is 18.1 Å². The molecule has 0 spiro atoms. The van der Waals surface area contributed by atoms with Gasteiger partial charge in [0, 0.05) is 18.7 Å². The average molecular weight is 309 g/mol. The number of carbonyl (C=O) groups excluding carboxylic acids is 2. The van der Waals surface area contributed by atoms with Crippen LogP contribution in [0, 0.1) is 0 Å². The molecule has 0 aromatic carbocycles. The number of carboxylic acids is 1. The van der Waals surface area contributed by atoms with Crippen molar-refractivity contribution in [1.82, 2.24) is 10.6 Å². The number of urea groups is 1. The van der Waals surface area contributed by atoms with Crippen LogP contribution >= 0.6 is 0 Å². The van der Waals surface area contributed by atoms with E-state index in [1.54, 1.807) is 0 Å². The zero-order valence-corrected chi connectivity index (χ0v) is 11.9. The van der Waals surface area contributed by atoms with Gasteiger partial charge in [0.05, 0.1) is 5.75 Å². The van der Waals surface area contributed by atoms with Crippen molar-refractivity contribution in [3.05, 3.63) is 0 Å². The van der Waals surface area contributed by atoms with Crippen molar-refractivity contribution >= 4 is 27.7 Å². The minimum Gasteiger partial charge on any atom is -0.480 e. The third-order valence-corrected chi connectivity index (χ3v) is 4.13. The zero-order valence-electron chi connectivity index (χ0n) is 11.1. The highest BCUT2D eigenvalue weighted by molar-refractivity contribution is 7.91. The zero-order chi connectivity index (χ0) is 15.8. The molecule has 0 unspecified atom stereocenters. The monoisotopic (exact) mass is 309 g/mol. The number of nitrogens with one attached hydrogen (secondary N) is 2. The number of amides is 3. The van der Waals surface area contributed by atoms with Crippen LogP contribution in [0.25, 0.3) is 0 Å². The van der Waals surface area contributed by atoms with E-state index < -0.39 is 33.8 Å². The summed E-state index contributed by atoms with van der Waals surface area (Å²) >= 11 is 0. The van der Waals surface area contributed by atoms with Gasteiger partial charge in [-0.05, 0) is 6.42 Å². The average Bonchev–Trinajstić information content (AvgIpc) is 2.33. The van der Waals surface area contributed by atoms with Crippen molar-refractivity contribution in [1.29, 1.82) is 0 Å². The topological polar surface area (TPSA) is 156 Å². The molecule has 0 fully saturated rings. The van der Waals surface area contributed by atoms with Gasteiger partial charge < -0.3 is 21.5 Å². The fourth-order valence-corrected chi connectivity index (χ4v) is 1.92. The van der Waals surface area contributed by atoms with E-state index in [4.69, 9.17) is 10.8 Å². The van der Waals surface area contributed by atoms with Crippen LogP contribution in [0.3, 0.4) is 0 Å². The second-order valence-electron chi connectivity index (χ2n) is 4.03. The van der Waals surface area contributed by atoms with Crippen LogP contribution in [-0.2, 0) is 19.4 Å². The molecule has 5 N–H and O–H groups in total. The Hall–Kier alpha value is -1.84. The number of carbonyl (C=O) groups is 3. The maximum atomic E-state index is 11.4. The maximum Gasteiger partial charge on any atom is 0.326 e. The summed E-state index contributed by atoms with van der Waals surface area (Å²) < 4.78 is 22.3. The summed E-state index contributed by atoms with van der Waals surface area (Å²) in [6.45, 7) is 1.36. The Labute approximate surface area is 116 Å². The molecule has 0 aliphatic carbocycles. The molecule has 116 valence electrons. The Morgan fingerprint density at radius 1 is 1.30 bits per heavy atom. The molecule has 0 aliphatic rings. The molecule has 10 heteroatoms. The first-order valence-electron chi connectivity index (χ1n) is 5.94. The van der Waals surface area contributed by atoms with Crippen LogP contribution in [0.2, 0.25) is 0 Å². The Morgan fingerprint density at radius 2 is 1.90 bits per heavy atom. The number of hydrogen-bond donors (Lipinski definition) is 4. The number of carboxylic acid groups (broad SMARTS) is 1. The lowest BCUT2D eigenvalue weighted by Crippen LogP contribution is -2.47. The maximum absolute atomic E-state index is 11.4. The summed E-state index contributed by atoms with van der Waals surface area (Å²) in [6, 6.07) is -2.07. The Morgan fingerprint density at radius 3 is 2.35 bits per heavy atom. The van der Waals surface area contributed by atoms with Gasteiger partial charge in [-0.3, -0.25) is 4.79 Å². The molecule has 0 aromatic heterocycles. The van der Waals surface area contributed by atoms with E-state index in [9.17, 15) is 22.8 Å².